The molecule has 1 amide bonds. The van der Waals surface area contributed by atoms with Gasteiger partial charge < -0.3 is 10.6 Å². The molecule has 0 heterocycles. The first-order valence-electron chi connectivity index (χ1n) is 6.63. The van der Waals surface area contributed by atoms with E-state index in [1.54, 1.807) is 0 Å². The molecule has 1 fully saturated rings. The van der Waals surface area contributed by atoms with Crippen molar-refractivity contribution in [1.82, 2.24) is 5.32 Å². The number of hydrogen-bond acceptors (Lipinski definition) is 2. The molecule has 19 heavy (non-hydrogen) atoms. The highest BCUT2D eigenvalue weighted by molar-refractivity contribution is 9.10. The van der Waals surface area contributed by atoms with Gasteiger partial charge in [-0.2, -0.15) is 0 Å². The summed E-state index contributed by atoms with van der Waals surface area (Å²) in [5.41, 5.74) is 0.781. The molecule has 2 rings (SSSR count). The van der Waals surface area contributed by atoms with Crippen LogP contribution < -0.4 is 10.6 Å². The molecule has 5 heteroatoms. The molecule has 1 saturated carbocycles. The number of anilines is 1. The summed E-state index contributed by atoms with van der Waals surface area (Å²) in [6, 6.07) is 5.92. The van der Waals surface area contributed by atoms with Gasteiger partial charge in [-0.15, -0.1) is 0 Å². The molecule has 1 aromatic carbocycles. The molecule has 0 atom stereocenters. The van der Waals surface area contributed by atoms with Crippen molar-refractivity contribution in [3.05, 3.63) is 27.7 Å². The van der Waals surface area contributed by atoms with E-state index in [9.17, 15) is 4.79 Å². The third-order valence-electron chi connectivity index (χ3n) is 3.34. The van der Waals surface area contributed by atoms with Crippen LogP contribution in [0.4, 0.5) is 5.69 Å². The monoisotopic (exact) mass is 344 g/mol. The summed E-state index contributed by atoms with van der Waals surface area (Å²) < 4.78 is 0.926. The van der Waals surface area contributed by atoms with E-state index in [0.29, 0.717) is 11.1 Å². The molecule has 0 spiro atoms. The second kappa shape index (κ2) is 7.15. The Morgan fingerprint density at radius 1 is 1.32 bits per heavy atom. The van der Waals surface area contributed by atoms with E-state index in [4.69, 9.17) is 11.6 Å². The van der Waals surface area contributed by atoms with Crippen LogP contribution in [0, 0.1) is 0 Å². The quantitative estimate of drug-likeness (QED) is 0.867. The molecule has 0 aromatic heterocycles. The maximum absolute atomic E-state index is 11.8. The second-order valence-corrected chi connectivity index (χ2v) is 6.20. The van der Waals surface area contributed by atoms with Crippen LogP contribution in [0.2, 0.25) is 5.02 Å². The molecule has 104 valence electrons. The fourth-order valence-electron chi connectivity index (χ4n) is 2.33. The van der Waals surface area contributed by atoms with Crippen molar-refractivity contribution >= 4 is 39.1 Å². The summed E-state index contributed by atoms with van der Waals surface area (Å²) in [6.07, 6.45) is 5.93. The SMILES string of the molecule is O=C(CNc1ccc(Br)cc1Cl)NC1CCCCC1. The summed E-state index contributed by atoms with van der Waals surface area (Å²) in [7, 11) is 0. The number of carbonyl (C=O) groups excluding carboxylic acids is 1. The van der Waals surface area contributed by atoms with Crippen molar-refractivity contribution in [3.63, 3.8) is 0 Å². The van der Waals surface area contributed by atoms with Crippen LogP contribution >= 0.6 is 27.5 Å². The van der Waals surface area contributed by atoms with Crippen molar-refractivity contribution in [3.8, 4) is 0 Å². The van der Waals surface area contributed by atoms with Gasteiger partial charge in [0.25, 0.3) is 0 Å². The summed E-state index contributed by atoms with van der Waals surface area (Å²) in [6.45, 7) is 0.262. The zero-order valence-corrected chi connectivity index (χ0v) is 13.1. The third-order valence-corrected chi connectivity index (χ3v) is 4.15. The fourth-order valence-corrected chi connectivity index (χ4v) is 3.07. The van der Waals surface area contributed by atoms with Gasteiger partial charge in [0.15, 0.2) is 0 Å². The lowest BCUT2D eigenvalue weighted by atomic mass is 9.95. The van der Waals surface area contributed by atoms with Crippen LogP contribution in [0.3, 0.4) is 0 Å². The Hall–Kier alpha value is -0.740. The van der Waals surface area contributed by atoms with Gasteiger partial charge >= 0.3 is 0 Å². The van der Waals surface area contributed by atoms with Crippen molar-refractivity contribution in [2.24, 2.45) is 0 Å². The van der Waals surface area contributed by atoms with E-state index in [2.05, 4.69) is 26.6 Å². The minimum absolute atomic E-state index is 0.0332. The number of amides is 1. The number of hydrogen-bond donors (Lipinski definition) is 2. The highest BCUT2D eigenvalue weighted by atomic mass is 79.9. The molecule has 2 N–H and O–H groups in total. The van der Waals surface area contributed by atoms with Crippen LogP contribution in [0.5, 0.6) is 0 Å². The van der Waals surface area contributed by atoms with Gasteiger partial charge in [0.2, 0.25) is 5.91 Å². The Balaban J connectivity index is 1.79. The summed E-state index contributed by atoms with van der Waals surface area (Å²) in [5, 5.41) is 6.74. The number of carbonyl (C=O) groups is 1. The van der Waals surface area contributed by atoms with E-state index in [-0.39, 0.29) is 12.5 Å². The first kappa shape index (κ1) is 14.7. The maximum atomic E-state index is 11.8. The Bertz CT molecular complexity index is 447. The lowest BCUT2D eigenvalue weighted by molar-refractivity contribution is -0.120. The number of halogens is 2. The molecule has 1 aliphatic rings. The van der Waals surface area contributed by atoms with Gasteiger partial charge in [-0.1, -0.05) is 46.8 Å². The molecular weight excluding hydrogens is 328 g/mol. The molecule has 1 aliphatic carbocycles. The van der Waals surface area contributed by atoms with Crippen molar-refractivity contribution in [1.29, 1.82) is 0 Å². The van der Waals surface area contributed by atoms with Crippen LogP contribution in [0.15, 0.2) is 22.7 Å². The predicted molar refractivity (Wildman–Crippen MR) is 82.7 cm³/mol. The summed E-state index contributed by atoms with van der Waals surface area (Å²) >= 11 is 9.43. The topological polar surface area (TPSA) is 41.1 Å². The van der Waals surface area contributed by atoms with E-state index in [0.717, 1.165) is 23.0 Å². The Labute approximate surface area is 127 Å². The Morgan fingerprint density at radius 3 is 2.74 bits per heavy atom. The average Bonchev–Trinajstić information content (AvgIpc) is 2.39. The second-order valence-electron chi connectivity index (χ2n) is 4.88. The van der Waals surface area contributed by atoms with Gasteiger partial charge in [-0.05, 0) is 31.0 Å². The predicted octanol–water partition coefficient (Wildman–Crippen LogP) is 3.96. The van der Waals surface area contributed by atoms with Crippen molar-refractivity contribution < 1.29 is 4.79 Å². The van der Waals surface area contributed by atoms with Crippen molar-refractivity contribution in [2.45, 2.75) is 38.1 Å². The molecule has 0 aliphatic heterocycles. The molecular formula is C14H18BrClN2O. The van der Waals surface area contributed by atoms with Crippen LogP contribution in [-0.4, -0.2) is 18.5 Å². The lowest BCUT2D eigenvalue weighted by Gasteiger charge is -2.23. The minimum atomic E-state index is 0.0332. The zero-order chi connectivity index (χ0) is 13.7. The average molecular weight is 346 g/mol. The smallest absolute Gasteiger partial charge is 0.239 e. The molecule has 0 bridgehead atoms. The highest BCUT2D eigenvalue weighted by Crippen LogP contribution is 2.25. The van der Waals surface area contributed by atoms with E-state index in [1.807, 2.05) is 18.2 Å². The molecule has 0 saturated heterocycles. The van der Waals surface area contributed by atoms with E-state index < -0.39 is 0 Å². The van der Waals surface area contributed by atoms with Gasteiger partial charge in [-0.3, -0.25) is 4.79 Å². The number of rotatable bonds is 4. The van der Waals surface area contributed by atoms with Crippen LogP contribution in [0.1, 0.15) is 32.1 Å². The lowest BCUT2D eigenvalue weighted by Crippen LogP contribution is -2.39. The Morgan fingerprint density at radius 2 is 2.05 bits per heavy atom. The number of benzene rings is 1. The largest absolute Gasteiger partial charge is 0.375 e. The summed E-state index contributed by atoms with van der Waals surface area (Å²) in [5.74, 6) is 0.0332. The Kier molecular flexibility index (Phi) is 5.52. The van der Waals surface area contributed by atoms with E-state index >= 15 is 0 Å². The summed E-state index contributed by atoms with van der Waals surface area (Å²) in [4.78, 5) is 11.8. The fraction of sp³-hybridized carbons (Fsp3) is 0.500. The first-order chi connectivity index (χ1) is 9.15. The van der Waals surface area contributed by atoms with Gasteiger partial charge in [-0.25, -0.2) is 0 Å². The zero-order valence-electron chi connectivity index (χ0n) is 10.7. The molecule has 0 radical (unpaired) electrons. The van der Waals surface area contributed by atoms with E-state index in [1.165, 1.54) is 19.3 Å². The molecule has 0 unspecified atom stereocenters. The normalized spacial score (nSPS) is 16.1. The van der Waals surface area contributed by atoms with Crippen molar-refractivity contribution in [2.75, 3.05) is 11.9 Å². The third kappa shape index (κ3) is 4.69. The van der Waals surface area contributed by atoms with Gasteiger partial charge in [0, 0.05) is 10.5 Å². The van der Waals surface area contributed by atoms with Crippen LogP contribution in [0.25, 0.3) is 0 Å². The van der Waals surface area contributed by atoms with Crippen LogP contribution in [-0.2, 0) is 4.79 Å². The standard InChI is InChI=1S/C14H18BrClN2O/c15-10-6-7-13(12(16)8-10)17-9-14(19)18-11-4-2-1-3-5-11/h6-8,11,17H,1-5,9H2,(H,18,19). The minimum Gasteiger partial charge on any atom is -0.375 e. The molecule has 1 aromatic rings. The molecule has 3 nitrogen and oxygen atoms in total. The van der Waals surface area contributed by atoms with Gasteiger partial charge in [0.1, 0.15) is 0 Å². The first-order valence-corrected chi connectivity index (χ1v) is 7.80. The van der Waals surface area contributed by atoms with Gasteiger partial charge in [0.05, 0.1) is 17.3 Å². The highest BCUT2D eigenvalue weighted by Gasteiger charge is 2.15. The number of nitrogens with one attached hydrogen (secondary N) is 2. The maximum Gasteiger partial charge on any atom is 0.239 e.